The highest BCUT2D eigenvalue weighted by atomic mass is 32.2. The summed E-state index contributed by atoms with van der Waals surface area (Å²) in [5.41, 5.74) is 7.42. The summed E-state index contributed by atoms with van der Waals surface area (Å²) in [6, 6.07) is 7.90. The van der Waals surface area contributed by atoms with Crippen LogP contribution in [-0.2, 0) is 11.2 Å². The summed E-state index contributed by atoms with van der Waals surface area (Å²) in [4.78, 5) is 12.5. The Bertz CT molecular complexity index is 727. The van der Waals surface area contributed by atoms with E-state index in [1.807, 2.05) is 25.1 Å². The number of nitrogens with zero attached hydrogens (tertiary/aromatic N) is 4. The lowest BCUT2D eigenvalue weighted by molar-refractivity contribution is 0.297. The molecular formula is C16H17N5OS. The van der Waals surface area contributed by atoms with E-state index in [-0.39, 0.29) is 5.95 Å². The molecule has 2 aromatic rings. The van der Waals surface area contributed by atoms with Gasteiger partial charge < -0.3 is 10.5 Å². The molecule has 6 nitrogen and oxygen atoms in total. The summed E-state index contributed by atoms with van der Waals surface area (Å²) >= 11 is 1.44. The number of nitrogens with two attached hydrogens (primary N) is 1. The van der Waals surface area contributed by atoms with Gasteiger partial charge in [0, 0.05) is 17.6 Å². The van der Waals surface area contributed by atoms with Gasteiger partial charge in [0.1, 0.15) is 28.1 Å². The molecule has 2 N–H and O–H groups in total. The van der Waals surface area contributed by atoms with E-state index < -0.39 is 0 Å². The number of hydrogen-bond donors (Lipinski definition) is 1. The van der Waals surface area contributed by atoms with E-state index in [0.29, 0.717) is 28.6 Å². The summed E-state index contributed by atoms with van der Waals surface area (Å²) in [6.07, 6.45) is 2.52. The summed E-state index contributed by atoms with van der Waals surface area (Å²) in [6.45, 7) is 6.07. The normalized spacial score (nSPS) is 10.1. The molecule has 7 heteroatoms. The molecule has 0 aromatic carbocycles. The first-order chi connectivity index (χ1) is 11.2. The Morgan fingerprint density at radius 2 is 2.26 bits per heavy atom. The van der Waals surface area contributed by atoms with Gasteiger partial charge in [-0.15, -0.1) is 11.8 Å². The van der Waals surface area contributed by atoms with Crippen molar-refractivity contribution < 1.29 is 4.74 Å². The van der Waals surface area contributed by atoms with E-state index in [0.717, 1.165) is 17.9 Å². The predicted octanol–water partition coefficient (Wildman–Crippen LogP) is 2.67. The van der Waals surface area contributed by atoms with Crippen LogP contribution in [0.4, 0.5) is 5.95 Å². The van der Waals surface area contributed by atoms with Gasteiger partial charge in [-0.25, -0.2) is 9.97 Å². The van der Waals surface area contributed by atoms with Crippen LogP contribution in [0.15, 0.2) is 36.0 Å². The third kappa shape index (κ3) is 4.44. The lowest BCUT2D eigenvalue weighted by Gasteiger charge is -2.11. The van der Waals surface area contributed by atoms with Crippen molar-refractivity contribution in [2.75, 3.05) is 18.1 Å². The Kier molecular flexibility index (Phi) is 5.94. The van der Waals surface area contributed by atoms with Gasteiger partial charge >= 0.3 is 0 Å². The standard InChI is InChI=1S/C16H17N5OS/c1-3-22-11(2)14-13(10-17)15(21-16(18)20-14)23-9-7-12-6-4-5-8-19-12/h4-6,8H,2-3,7,9H2,1H3,(H2,18,20,21). The van der Waals surface area contributed by atoms with E-state index in [2.05, 4.69) is 27.6 Å². The molecule has 0 saturated heterocycles. The zero-order valence-electron chi connectivity index (χ0n) is 12.8. The Hall–Kier alpha value is -2.59. The second kappa shape index (κ2) is 8.15. The largest absolute Gasteiger partial charge is 0.492 e. The number of ether oxygens (including phenoxy) is 1. The SMILES string of the molecule is C=C(OCC)c1nc(N)nc(SCCc2ccccn2)c1C#N. The molecule has 0 fully saturated rings. The molecule has 2 heterocycles. The minimum absolute atomic E-state index is 0.0974. The summed E-state index contributed by atoms with van der Waals surface area (Å²) < 4.78 is 5.34. The molecule has 0 spiro atoms. The predicted molar refractivity (Wildman–Crippen MR) is 90.5 cm³/mol. The quantitative estimate of drug-likeness (QED) is 0.474. The summed E-state index contributed by atoms with van der Waals surface area (Å²) in [5, 5.41) is 9.96. The van der Waals surface area contributed by atoms with Crippen molar-refractivity contribution in [3.8, 4) is 6.07 Å². The summed E-state index contributed by atoms with van der Waals surface area (Å²) in [7, 11) is 0. The van der Waals surface area contributed by atoms with E-state index in [9.17, 15) is 5.26 Å². The molecule has 0 unspecified atom stereocenters. The number of aryl methyl sites for hydroxylation is 1. The van der Waals surface area contributed by atoms with Crippen molar-refractivity contribution in [3.05, 3.63) is 47.9 Å². The van der Waals surface area contributed by atoms with Crippen LogP contribution in [0.2, 0.25) is 0 Å². The minimum Gasteiger partial charge on any atom is -0.492 e. The topological polar surface area (TPSA) is 97.7 Å². The van der Waals surface area contributed by atoms with Crippen LogP contribution < -0.4 is 5.73 Å². The molecule has 2 aromatic heterocycles. The first kappa shape index (κ1) is 16.8. The van der Waals surface area contributed by atoms with Gasteiger partial charge in [-0.1, -0.05) is 12.6 Å². The van der Waals surface area contributed by atoms with Crippen molar-refractivity contribution in [2.45, 2.75) is 18.4 Å². The fourth-order valence-electron chi connectivity index (χ4n) is 1.90. The number of aromatic nitrogens is 3. The number of nitrogen functional groups attached to an aromatic ring is 1. The van der Waals surface area contributed by atoms with Gasteiger partial charge in [0.2, 0.25) is 5.95 Å². The number of nitriles is 1. The summed E-state index contributed by atoms with van der Waals surface area (Å²) in [5.74, 6) is 1.15. The lowest BCUT2D eigenvalue weighted by atomic mass is 10.2. The lowest BCUT2D eigenvalue weighted by Crippen LogP contribution is -2.06. The molecule has 0 bridgehead atoms. The average molecular weight is 327 g/mol. The zero-order valence-corrected chi connectivity index (χ0v) is 13.6. The highest BCUT2D eigenvalue weighted by molar-refractivity contribution is 7.99. The highest BCUT2D eigenvalue weighted by Gasteiger charge is 2.17. The zero-order chi connectivity index (χ0) is 16.7. The fraction of sp³-hybridized carbons (Fsp3) is 0.250. The van der Waals surface area contributed by atoms with Crippen molar-refractivity contribution in [2.24, 2.45) is 0 Å². The number of rotatable bonds is 7. The van der Waals surface area contributed by atoms with E-state index in [1.54, 1.807) is 6.20 Å². The van der Waals surface area contributed by atoms with Crippen LogP contribution in [0.3, 0.4) is 0 Å². The Morgan fingerprint density at radius 1 is 1.43 bits per heavy atom. The molecule has 0 amide bonds. The van der Waals surface area contributed by atoms with E-state index in [4.69, 9.17) is 10.5 Å². The second-order valence-corrected chi connectivity index (χ2v) is 5.58. The van der Waals surface area contributed by atoms with Crippen LogP contribution in [-0.4, -0.2) is 27.3 Å². The first-order valence-electron chi connectivity index (χ1n) is 7.08. The highest BCUT2D eigenvalue weighted by Crippen LogP contribution is 2.27. The second-order valence-electron chi connectivity index (χ2n) is 4.50. The van der Waals surface area contributed by atoms with Crippen LogP contribution in [0.25, 0.3) is 5.76 Å². The molecule has 0 saturated carbocycles. The monoisotopic (exact) mass is 327 g/mol. The van der Waals surface area contributed by atoms with Gasteiger partial charge in [-0.3, -0.25) is 4.98 Å². The third-order valence-corrected chi connectivity index (χ3v) is 3.89. The molecule has 2 rings (SSSR count). The van der Waals surface area contributed by atoms with E-state index >= 15 is 0 Å². The average Bonchev–Trinajstić information content (AvgIpc) is 2.55. The molecule has 0 atom stereocenters. The van der Waals surface area contributed by atoms with Gasteiger partial charge in [0.25, 0.3) is 0 Å². The van der Waals surface area contributed by atoms with Crippen molar-refractivity contribution in [3.63, 3.8) is 0 Å². The number of anilines is 1. The molecular weight excluding hydrogens is 310 g/mol. The maximum absolute atomic E-state index is 9.43. The van der Waals surface area contributed by atoms with Crippen LogP contribution in [0.1, 0.15) is 23.9 Å². The number of pyridine rings is 1. The van der Waals surface area contributed by atoms with Gasteiger partial charge in [-0.2, -0.15) is 5.26 Å². The fourth-order valence-corrected chi connectivity index (χ4v) is 2.85. The van der Waals surface area contributed by atoms with Crippen molar-refractivity contribution in [1.82, 2.24) is 15.0 Å². The maximum Gasteiger partial charge on any atom is 0.221 e. The molecule has 0 aliphatic carbocycles. The Labute approximate surface area is 139 Å². The van der Waals surface area contributed by atoms with Crippen molar-refractivity contribution in [1.29, 1.82) is 5.26 Å². The van der Waals surface area contributed by atoms with Gasteiger partial charge in [0.05, 0.1) is 6.61 Å². The maximum atomic E-state index is 9.43. The molecule has 118 valence electrons. The molecule has 0 aliphatic heterocycles. The Balaban J connectivity index is 2.17. The third-order valence-electron chi connectivity index (χ3n) is 2.91. The van der Waals surface area contributed by atoms with Crippen LogP contribution in [0.5, 0.6) is 0 Å². The molecule has 23 heavy (non-hydrogen) atoms. The number of hydrogen-bond acceptors (Lipinski definition) is 7. The van der Waals surface area contributed by atoms with Crippen molar-refractivity contribution >= 4 is 23.5 Å². The van der Waals surface area contributed by atoms with Gasteiger partial charge in [-0.05, 0) is 25.5 Å². The van der Waals surface area contributed by atoms with Crippen LogP contribution >= 0.6 is 11.8 Å². The molecule has 0 radical (unpaired) electrons. The van der Waals surface area contributed by atoms with E-state index in [1.165, 1.54) is 11.8 Å². The Morgan fingerprint density at radius 3 is 2.91 bits per heavy atom. The smallest absolute Gasteiger partial charge is 0.221 e. The molecule has 0 aliphatic rings. The number of thioether (sulfide) groups is 1. The minimum atomic E-state index is 0.0974. The van der Waals surface area contributed by atoms with Gasteiger partial charge in [0.15, 0.2) is 0 Å². The van der Waals surface area contributed by atoms with Crippen LogP contribution in [0, 0.1) is 11.3 Å². The first-order valence-corrected chi connectivity index (χ1v) is 8.06.